The van der Waals surface area contributed by atoms with E-state index in [1.54, 1.807) is 0 Å². The van der Waals surface area contributed by atoms with Crippen LogP contribution in [0.15, 0.2) is 24.6 Å². The van der Waals surface area contributed by atoms with Crippen molar-refractivity contribution in [2.75, 3.05) is 27.1 Å². The van der Waals surface area contributed by atoms with Gasteiger partial charge in [0.05, 0.1) is 6.67 Å². The lowest BCUT2D eigenvalue weighted by molar-refractivity contribution is 0.0449. The number of hydrogen-bond acceptors (Lipinski definition) is 3. The second-order valence-electron chi connectivity index (χ2n) is 7.76. The van der Waals surface area contributed by atoms with Gasteiger partial charge in [0, 0.05) is 26.1 Å². The van der Waals surface area contributed by atoms with Gasteiger partial charge in [-0.1, -0.05) is 76.9 Å². The van der Waals surface area contributed by atoms with Gasteiger partial charge in [0.15, 0.2) is 0 Å². The molecule has 0 unspecified atom stereocenters. The number of rotatable bonds is 18. The Labute approximate surface area is 163 Å². The van der Waals surface area contributed by atoms with E-state index in [9.17, 15) is 0 Å². The molecule has 0 amide bonds. The summed E-state index contributed by atoms with van der Waals surface area (Å²) < 4.78 is 5.72. The Hall–Kier alpha value is -0.960. The molecule has 0 bridgehead atoms. The molecule has 0 fully saturated rings. The minimum Gasteiger partial charge on any atom is -0.362 e. The van der Waals surface area contributed by atoms with E-state index in [2.05, 4.69) is 48.3 Å². The highest BCUT2D eigenvalue weighted by Gasteiger charge is 2.06. The van der Waals surface area contributed by atoms with Crippen molar-refractivity contribution in [2.24, 2.45) is 0 Å². The molecule has 0 atom stereocenters. The Morgan fingerprint density at radius 3 is 1.92 bits per heavy atom. The van der Waals surface area contributed by atoms with Crippen LogP contribution in [0.5, 0.6) is 0 Å². The van der Waals surface area contributed by atoms with E-state index in [-0.39, 0.29) is 0 Å². The lowest BCUT2D eigenvalue weighted by atomic mass is 10.1. The van der Waals surface area contributed by atoms with E-state index in [4.69, 9.17) is 4.74 Å². The van der Waals surface area contributed by atoms with E-state index in [1.807, 2.05) is 0 Å². The molecule has 152 valence electrons. The van der Waals surface area contributed by atoms with Gasteiger partial charge in [-0.05, 0) is 32.1 Å². The summed E-state index contributed by atoms with van der Waals surface area (Å²) in [6, 6.07) is 0. The van der Waals surface area contributed by atoms with Crippen LogP contribution in [0.25, 0.3) is 0 Å². The van der Waals surface area contributed by atoms with Crippen LogP contribution in [0.4, 0.5) is 0 Å². The summed E-state index contributed by atoms with van der Waals surface area (Å²) in [5, 5.41) is 0. The summed E-state index contributed by atoms with van der Waals surface area (Å²) in [5.74, 6) is 0. The highest BCUT2D eigenvalue weighted by molar-refractivity contribution is 4.87. The summed E-state index contributed by atoms with van der Waals surface area (Å²) >= 11 is 0. The Bertz CT molecular complexity index is 354. The smallest absolute Gasteiger partial charge is 0.119 e. The Kier molecular flexibility index (Phi) is 15.5. The number of ether oxygens (including phenoxy) is 1. The maximum Gasteiger partial charge on any atom is 0.119 e. The van der Waals surface area contributed by atoms with Gasteiger partial charge in [0.1, 0.15) is 6.73 Å². The summed E-state index contributed by atoms with van der Waals surface area (Å²) in [4.78, 5) is 4.35. The fraction of sp³-hybridized carbons (Fsp3) is 0.826. The molecule has 0 saturated carbocycles. The predicted octanol–water partition coefficient (Wildman–Crippen LogP) is 6.67. The Balaban J connectivity index is 1.70. The van der Waals surface area contributed by atoms with Crippen molar-refractivity contribution in [1.29, 1.82) is 0 Å². The van der Waals surface area contributed by atoms with E-state index in [1.165, 1.54) is 89.9 Å². The normalized spacial score (nSPS) is 14.2. The third kappa shape index (κ3) is 14.2. The topological polar surface area (TPSA) is 15.7 Å². The Morgan fingerprint density at radius 2 is 1.35 bits per heavy atom. The predicted molar refractivity (Wildman–Crippen MR) is 114 cm³/mol. The van der Waals surface area contributed by atoms with Crippen molar-refractivity contribution in [3.63, 3.8) is 0 Å². The molecule has 1 aliphatic heterocycles. The van der Waals surface area contributed by atoms with Crippen LogP contribution in [0.1, 0.15) is 96.8 Å². The second kappa shape index (κ2) is 17.5. The molecule has 0 radical (unpaired) electrons. The van der Waals surface area contributed by atoms with Crippen molar-refractivity contribution < 1.29 is 4.74 Å². The van der Waals surface area contributed by atoms with Crippen LogP contribution in [0.3, 0.4) is 0 Å². The number of nitrogens with zero attached hydrogens (tertiary/aromatic N) is 2. The van der Waals surface area contributed by atoms with Crippen LogP contribution in [0.2, 0.25) is 0 Å². The highest BCUT2D eigenvalue weighted by Crippen LogP contribution is 2.10. The zero-order valence-electron chi connectivity index (χ0n) is 17.6. The zero-order chi connectivity index (χ0) is 18.7. The quantitative estimate of drug-likeness (QED) is 0.199. The zero-order valence-corrected chi connectivity index (χ0v) is 17.6. The first-order valence-electron chi connectivity index (χ1n) is 11.2. The standard InChI is InChI=1S/C23H44N2O/c1-3-4-5-6-7-8-9-10-11-12-13-14-15-16-17-18-21-26-23-25-20-19-24(2)22-25/h10-11,19-20H,3-9,12-18,21-23H2,1-2H3/b11-10-. The van der Waals surface area contributed by atoms with Crippen molar-refractivity contribution in [1.82, 2.24) is 9.80 Å². The third-order valence-corrected chi connectivity index (χ3v) is 4.99. The maximum absolute atomic E-state index is 5.72. The fourth-order valence-corrected chi connectivity index (χ4v) is 3.31. The van der Waals surface area contributed by atoms with Crippen LogP contribution in [-0.2, 0) is 4.74 Å². The van der Waals surface area contributed by atoms with Crippen molar-refractivity contribution in [2.45, 2.75) is 96.8 Å². The monoisotopic (exact) mass is 364 g/mol. The minimum atomic E-state index is 0.728. The molecule has 1 aliphatic rings. The molecule has 0 spiro atoms. The molecule has 0 aromatic heterocycles. The minimum absolute atomic E-state index is 0.728. The average molecular weight is 365 g/mol. The van der Waals surface area contributed by atoms with Crippen LogP contribution < -0.4 is 0 Å². The third-order valence-electron chi connectivity index (χ3n) is 4.99. The molecule has 0 aromatic rings. The van der Waals surface area contributed by atoms with Crippen LogP contribution in [0, 0.1) is 0 Å². The van der Waals surface area contributed by atoms with Crippen molar-refractivity contribution in [3.8, 4) is 0 Å². The first-order valence-corrected chi connectivity index (χ1v) is 11.2. The molecular weight excluding hydrogens is 320 g/mol. The average Bonchev–Trinajstić information content (AvgIpc) is 3.06. The SMILES string of the molecule is CCCCCCCC/C=C\CCCCCCCCOCN1C=CN(C)C1. The number of allylic oxidation sites excluding steroid dienone is 2. The lowest BCUT2D eigenvalue weighted by Gasteiger charge is -2.17. The van der Waals surface area contributed by atoms with Crippen LogP contribution in [-0.4, -0.2) is 36.9 Å². The fourth-order valence-electron chi connectivity index (χ4n) is 3.31. The molecule has 0 saturated heterocycles. The van der Waals surface area contributed by atoms with Gasteiger partial charge in [-0.2, -0.15) is 0 Å². The first-order chi connectivity index (χ1) is 12.8. The van der Waals surface area contributed by atoms with E-state index >= 15 is 0 Å². The maximum atomic E-state index is 5.72. The van der Waals surface area contributed by atoms with Gasteiger partial charge in [0.2, 0.25) is 0 Å². The van der Waals surface area contributed by atoms with E-state index in [0.29, 0.717) is 0 Å². The lowest BCUT2D eigenvalue weighted by Crippen LogP contribution is -2.24. The van der Waals surface area contributed by atoms with Crippen LogP contribution >= 0.6 is 0 Å². The second-order valence-corrected chi connectivity index (χ2v) is 7.76. The summed E-state index contributed by atoms with van der Waals surface area (Å²) in [7, 11) is 2.09. The van der Waals surface area contributed by atoms with Gasteiger partial charge in [0.25, 0.3) is 0 Å². The molecule has 3 heteroatoms. The van der Waals surface area contributed by atoms with E-state index in [0.717, 1.165) is 20.0 Å². The van der Waals surface area contributed by atoms with E-state index < -0.39 is 0 Å². The van der Waals surface area contributed by atoms with Gasteiger partial charge in [-0.3, -0.25) is 0 Å². The van der Waals surface area contributed by atoms with Crippen molar-refractivity contribution in [3.05, 3.63) is 24.6 Å². The molecule has 3 nitrogen and oxygen atoms in total. The Morgan fingerprint density at radius 1 is 0.769 bits per heavy atom. The van der Waals surface area contributed by atoms with Gasteiger partial charge >= 0.3 is 0 Å². The molecule has 1 rings (SSSR count). The molecule has 0 N–H and O–H groups in total. The van der Waals surface area contributed by atoms with Gasteiger partial charge < -0.3 is 14.5 Å². The number of unbranched alkanes of at least 4 members (excludes halogenated alkanes) is 12. The summed E-state index contributed by atoms with van der Waals surface area (Å²) in [6.45, 7) is 4.86. The molecule has 0 aromatic carbocycles. The van der Waals surface area contributed by atoms with Gasteiger partial charge in [-0.15, -0.1) is 0 Å². The number of hydrogen-bond donors (Lipinski definition) is 0. The largest absolute Gasteiger partial charge is 0.362 e. The molecule has 1 heterocycles. The molecule has 0 aliphatic carbocycles. The molecular formula is C23H44N2O. The van der Waals surface area contributed by atoms with Gasteiger partial charge in [-0.25, -0.2) is 0 Å². The first kappa shape index (κ1) is 23.1. The summed E-state index contributed by atoms with van der Waals surface area (Å²) in [6.07, 6.45) is 28.0. The highest BCUT2D eigenvalue weighted by atomic mass is 16.5. The van der Waals surface area contributed by atoms with Crippen molar-refractivity contribution >= 4 is 0 Å². The summed E-state index contributed by atoms with van der Waals surface area (Å²) in [5.41, 5.74) is 0. The molecule has 26 heavy (non-hydrogen) atoms.